The van der Waals surface area contributed by atoms with Crippen LogP contribution in [0.3, 0.4) is 0 Å². The summed E-state index contributed by atoms with van der Waals surface area (Å²) in [5, 5.41) is 6.51. The van der Waals surface area contributed by atoms with Gasteiger partial charge in [0.1, 0.15) is 6.04 Å². The summed E-state index contributed by atoms with van der Waals surface area (Å²) < 4.78 is 0. The molecule has 2 fully saturated rings. The number of ketones is 1. The number of para-hydroxylation sites is 1. The lowest BCUT2D eigenvalue weighted by Gasteiger charge is -2.33. The zero-order valence-corrected chi connectivity index (χ0v) is 18.1. The molecule has 3 aliphatic rings. The minimum absolute atomic E-state index is 0.306. The highest BCUT2D eigenvalue weighted by atomic mass is 35.5. The van der Waals surface area contributed by atoms with Gasteiger partial charge in [-0.2, -0.15) is 5.10 Å². The van der Waals surface area contributed by atoms with E-state index < -0.39 is 23.9 Å². The highest BCUT2D eigenvalue weighted by Crippen LogP contribution is 2.53. The highest BCUT2D eigenvalue weighted by Gasteiger charge is 2.65. The zero-order chi connectivity index (χ0) is 22.7. The first-order valence-corrected chi connectivity index (χ1v) is 11.1. The lowest BCUT2D eigenvalue weighted by Crippen LogP contribution is -2.44. The Morgan fingerprint density at radius 3 is 2.27 bits per heavy atom. The second kappa shape index (κ2) is 7.39. The van der Waals surface area contributed by atoms with Gasteiger partial charge in [0.05, 0.1) is 34.8 Å². The molecule has 3 heterocycles. The van der Waals surface area contributed by atoms with E-state index in [-0.39, 0.29) is 17.6 Å². The van der Waals surface area contributed by atoms with E-state index in [0.717, 1.165) is 11.1 Å². The maximum atomic E-state index is 13.8. The maximum Gasteiger partial charge on any atom is 0.240 e. The van der Waals surface area contributed by atoms with Gasteiger partial charge < -0.3 is 0 Å². The first-order valence-electron chi connectivity index (χ1n) is 10.7. The van der Waals surface area contributed by atoms with Crippen LogP contribution in [0.1, 0.15) is 27.5 Å². The van der Waals surface area contributed by atoms with Crippen LogP contribution in [0.15, 0.2) is 84.0 Å². The molecule has 33 heavy (non-hydrogen) atoms. The van der Waals surface area contributed by atoms with E-state index in [4.69, 9.17) is 11.6 Å². The number of fused-ring (bicyclic) bond motifs is 5. The fraction of sp³-hybridized carbons (Fsp3) is 0.154. The van der Waals surface area contributed by atoms with E-state index in [1.165, 1.54) is 4.90 Å². The summed E-state index contributed by atoms with van der Waals surface area (Å²) in [6.45, 7) is 0. The van der Waals surface area contributed by atoms with Gasteiger partial charge in [0, 0.05) is 5.56 Å². The minimum Gasteiger partial charge on any atom is -0.292 e. The number of halogens is 1. The van der Waals surface area contributed by atoms with Crippen molar-refractivity contribution in [3.05, 3.63) is 101 Å². The van der Waals surface area contributed by atoms with E-state index in [1.54, 1.807) is 59.8 Å². The number of benzene rings is 3. The molecule has 7 heteroatoms. The average molecular weight is 456 g/mol. The summed E-state index contributed by atoms with van der Waals surface area (Å²) in [7, 11) is 0. The van der Waals surface area contributed by atoms with Crippen molar-refractivity contribution in [3.8, 4) is 0 Å². The largest absolute Gasteiger partial charge is 0.292 e. The molecule has 0 spiro atoms. The van der Waals surface area contributed by atoms with Gasteiger partial charge in [0.2, 0.25) is 11.8 Å². The predicted octanol–water partition coefficient (Wildman–Crippen LogP) is 4.10. The van der Waals surface area contributed by atoms with Crippen LogP contribution in [0.5, 0.6) is 0 Å². The number of Topliss-reactive ketones (excluding diaryl/α,β-unsaturated/α-hetero) is 1. The number of amides is 2. The molecule has 2 amide bonds. The number of rotatable bonds is 3. The van der Waals surface area contributed by atoms with Crippen LogP contribution < -0.4 is 4.90 Å². The predicted molar refractivity (Wildman–Crippen MR) is 124 cm³/mol. The summed E-state index contributed by atoms with van der Waals surface area (Å²) in [6, 6.07) is 21.8. The van der Waals surface area contributed by atoms with Crippen molar-refractivity contribution in [3.63, 3.8) is 0 Å². The summed E-state index contributed by atoms with van der Waals surface area (Å²) in [6.07, 6.45) is 1.68. The van der Waals surface area contributed by atoms with Crippen molar-refractivity contribution in [2.45, 2.75) is 12.1 Å². The molecule has 162 valence electrons. The number of hydrogen-bond acceptors (Lipinski definition) is 5. The topological polar surface area (TPSA) is 70.0 Å². The molecular formula is C26H18ClN3O3. The number of hydrazone groups is 1. The van der Waals surface area contributed by atoms with Crippen LogP contribution in [-0.4, -0.2) is 34.9 Å². The van der Waals surface area contributed by atoms with Crippen molar-refractivity contribution in [1.82, 2.24) is 5.01 Å². The van der Waals surface area contributed by atoms with Gasteiger partial charge in [-0.15, -0.1) is 0 Å². The second-order valence-electron chi connectivity index (χ2n) is 8.39. The molecule has 3 aromatic rings. The van der Waals surface area contributed by atoms with Crippen LogP contribution >= 0.6 is 11.6 Å². The molecule has 0 bridgehead atoms. The fourth-order valence-electron chi connectivity index (χ4n) is 5.32. The molecule has 6 rings (SSSR count). The fourth-order valence-corrected chi connectivity index (χ4v) is 5.55. The molecule has 0 N–H and O–H groups in total. The van der Waals surface area contributed by atoms with Crippen molar-refractivity contribution < 1.29 is 14.4 Å². The molecular weight excluding hydrogens is 438 g/mol. The maximum absolute atomic E-state index is 13.8. The first kappa shape index (κ1) is 19.9. The van der Waals surface area contributed by atoms with Crippen LogP contribution in [0.25, 0.3) is 0 Å². The van der Waals surface area contributed by atoms with Gasteiger partial charge in [0.25, 0.3) is 0 Å². The molecule has 4 atom stereocenters. The second-order valence-corrected chi connectivity index (χ2v) is 8.79. The Morgan fingerprint density at radius 2 is 1.48 bits per heavy atom. The Morgan fingerprint density at radius 1 is 0.818 bits per heavy atom. The average Bonchev–Trinajstić information content (AvgIpc) is 3.32. The number of carbonyl (C=O) groups is 3. The van der Waals surface area contributed by atoms with E-state index >= 15 is 0 Å². The number of carbonyl (C=O) groups excluding carboxylic acids is 3. The smallest absolute Gasteiger partial charge is 0.240 e. The SMILES string of the molecule is O=C(c1ccccc1Cl)[C@@H]1[C@@H]2C(=O)N(c3ccccc3)C(=O)[C@H]2[C@H]2c3ccccc3C=NN12. The van der Waals surface area contributed by atoms with E-state index in [0.29, 0.717) is 16.3 Å². The molecule has 0 unspecified atom stereocenters. The Bertz CT molecular complexity index is 1340. The molecule has 6 nitrogen and oxygen atoms in total. The Hall–Kier alpha value is -3.77. The van der Waals surface area contributed by atoms with Crippen LogP contribution in [0.2, 0.25) is 5.02 Å². The van der Waals surface area contributed by atoms with Crippen LogP contribution in [-0.2, 0) is 9.59 Å². The quantitative estimate of drug-likeness (QED) is 0.440. The third-order valence-electron chi connectivity index (χ3n) is 6.72. The van der Waals surface area contributed by atoms with Gasteiger partial charge in [-0.1, -0.05) is 66.2 Å². The summed E-state index contributed by atoms with van der Waals surface area (Å²) in [4.78, 5) is 42.5. The molecule has 0 saturated carbocycles. The summed E-state index contributed by atoms with van der Waals surface area (Å²) in [5.74, 6) is -2.61. The van der Waals surface area contributed by atoms with E-state index in [1.807, 2.05) is 30.3 Å². The highest BCUT2D eigenvalue weighted by molar-refractivity contribution is 6.34. The monoisotopic (exact) mass is 455 g/mol. The Kier molecular flexibility index (Phi) is 4.45. The van der Waals surface area contributed by atoms with Gasteiger partial charge in [0.15, 0.2) is 5.78 Å². The van der Waals surface area contributed by atoms with E-state index in [2.05, 4.69) is 5.10 Å². The third kappa shape index (κ3) is 2.80. The molecule has 3 aromatic carbocycles. The molecule has 0 aliphatic carbocycles. The van der Waals surface area contributed by atoms with Gasteiger partial charge in [-0.25, -0.2) is 4.90 Å². The summed E-state index contributed by atoms with van der Waals surface area (Å²) in [5.41, 5.74) is 2.58. The van der Waals surface area contributed by atoms with Crippen molar-refractivity contribution in [1.29, 1.82) is 0 Å². The Labute approximate surface area is 195 Å². The van der Waals surface area contributed by atoms with Crippen molar-refractivity contribution in [2.24, 2.45) is 16.9 Å². The van der Waals surface area contributed by atoms with Gasteiger partial charge in [-0.05, 0) is 35.4 Å². The Balaban J connectivity index is 1.52. The van der Waals surface area contributed by atoms with E-state index in [9.17, 15) is 14.4 Å². The standard InChI is InChI=1S/C26H18ClN3O3/c27-19-13-7-6-12-18(19)24(31)23-21-20(22-17-11-5-4-8-15(17)14-28-30(22)23)25(32)29(26(21)33)16-9-2-1-3-10-16/h1-14,20-23H/t20-,21-,22-,23+/m1/s1. The zero-order valence-electron chi connectivity index (χ0n) is 17.3. The van der Waals surface area contributed by atoms with Crippen LogP contribution in [0, 0.1) is 11.8 Å². The normalized spacial score (nSPS) is 25.1. The lowest BCUT2D eigenvalue weighted by molar-refractivity contribution is -0.124. The number of hydrogen-bond donors (Lipinski definition) is 0. The number of nitrogens with zero attached hydrogens (tertiary/aromatic N) is 3. The third-order valence-corrected chi connectivity index (χ3v) is 7.05. The summed E-state index contributed by atoms with van der Waals surface area (Å²) >= 11 is 6.35. The number of imide groups is 1. The number of anilines is 1. The molecule has 0 radical (unpaired) electrons. The first-order chi connectivity index (χ1) is 16.1. The van der Waals surface area contributed by atoms with Crippen molar-refractivity contribution >= 4 is 41.1 Å². The lowest BCUT2D eigenvalue weighted by atomic mass is 9.83. The van der Waals surface area contributed by atoms with Crippen molar-refractivity contribution in [2.75, 3.05) is 4.90 Å². The minimum atomic E-state index is -0.935. The molecule has 3 aliphatic heterocycles. The molecule has 0 aromatic heterocycles. The molecule has 2 saturated heterocycles. The van der Waals surface area contributed by atoms with Crippen LogP contribution in [0.4, 0.5) is 5.69 Å². The van der Waals surface area contributed by atoms with Gasteiger partial charge in [-0.3, -0.25) is 19.4 Å². The van der Waals surface area contributed by atoms with Gasteiger partial charge >= 0.3 is 0 Å².